The van der Waals surface area contributed by atoms with E-state index in [-0.39, 0.29) is 5.24 Å². The molecule has 0 aromatic heterocycles. The zero-order chi connectivity index (χ0) is 10.0. The second-order valence-electron chi connectivity index (χ2n) is 3.47. The first kappa shape index (κ1) is 10.3. The van der Waals surface area contributed by atoms with Crippen molar-refractivity contribution in [2.75, 3.05) is 0 Å². The fourth-order valence-electron chi connectivity index (χ4n) is 1.44. The van der Waals surface area contributed by atoms with Crippen LogP contribution < -0.4 is 0 Å². The van der Waals surface area contributed by atoms with Gasteiger partial charge in [0.2, 0.25) is 0 Å². The van der Waals surface area contributed by atoms with Crippen LogP contribution in [-0.2, 0) is 0 Å². The Hall–Kier alpha value is -0.820. The zero-order valence-corrected chi connectivity index (χ0v) is 8.85. The summed E-state index contributed by atoms with van der Waals surface area (Å²) in [6.45, 7) is 6.01. The number of halogens is 1. The van der Waals surface area contributed by atoms with E-state index in [1.54, 1.807) is 0 Å². The van der Waals surface area contributed by atoms with Gasteiger partial charge in [-0.15, -0.1) is 0 Å². The van der Waals surface area contributed by atoms with Crippen molar-refractivity contribution in [2.24, 2.45) is 0 Å². The Morgan fingerprint density at radius 1 is 1.38 bits per heavy atom. The van der Waals surface area contributed by atoms with Crippen molar-refractivity contribution >= 4 is 16.8 Å². The Morgan fingerprint density at radius 2 is 2.00 bits per heavy atom. The molecule has 70 valence electrons. The standard InChI is InChI=1S/C11H13ClO/c1-7(2)9-6-4-5-8(3)10(9)11(12)13/h4-7H,1-3H3. The van der Waals surface area contributed by atoms with Crippen molar-refractivity contribution in [3.05, 3.63) is 34.9 Å². The molecule has 1 nitrogen and oxygen atoms in total. The van der Waals surface area contributed by atoms with E-state index >= 15 is 0 Å². The minimum atomic E-state index is -0.359. The molecule has 0 heterocycles. The van der Waals surface area contributed by atoms with Crippen molar-refractivity contribution in [3.63, 3.8) is 0 Å². The van der Waals surface area contributed by atoms with Crippen LogP contribution in [0.5, 0.6) is 0 Å². The fraction of sp³-hybridized carbons (Fsp3) is 0.364. The Kier molecular flexibility index (Phi) is 3.10. The van der Waals surface area contributed by atoms with E-state index in [2.05, 4.69) is 13.8 Å². The van der Waals surface area contributed by atoms with Gasteiger partial charge in [0.25, 0.3) is 5.24 Å². The molecule has 0 saturated heterocycles. The van der Waals surface area contributed by atoms with Crippen molar-refractivity contribution in [1.82, 2.24) is 0 Å². The van der Waals surface area contributed by atoms with E-state index in [9.17, 15) is 4.79 Å². The molecule has 13 heavy (non-hydrogen) atoms. The number of carbonyl (C=O) groups excluding carboxylic acids is 1. The summed E-state index contributed by atoms with van der Waals surface area (Å²) in [5, 5.41) is -0.359. The molecule has 1 aromatic rings. The second-order valence-corrected chi connectivity index (χ2v) is 3.81. The summed E-state index contributed by atoms with van der Waals surface area (Å²) in [7, 11) is 0. The summed E-state index contributed by atoms with van der Waals surface area (Å²) < 4.78 is 0. The largest absolute Gasteiger partial charge is 0.276 e. The molecule has 0 spiro atoms. The van der Waals surface area contributed by atoms with E-state index in [1.807, 2.05) is 25.1 Å². The maximum absolute atomic E-state index is 11.2. The topological polar surface area (TPSA) is 17.1 Å². The first-order chi connectivity index (χ1) is 6.04. The van der Waals surface area contributed by atoms with Crippen molar-refractivity contribution < 1.29 is 4.79 Å². The monoisotopic (exact) mass is 196 g/mol. The van der Waals surface area contributed by atoms with Gasteiger partial charge < -0.3 is 0 Å². The number of rotatable bonds is 2. The summed E-state index contributed by atoms with van der Waals surface area (Å²) in [4.78, 5) is 11.2. The highest BCUT2D eigenvalue weighted by atomic mass is 35.5. The first-order valence-electron chi connectivity index (χ1n) is 4.33. The van der Waals surface area contributed by atoms with E-state index in [4.69, 9.17) is 11.6 Å². The minimum Gasteiger partial charge on any atom is -0.276 e. The molecule has 0 saturated carbocycles. The summed E-state index contributed by atoms with van der Waals surface area (Å²) in [6.07, 6.45) is 0. The van der Waals surface area contributed by atoms with E-state index in [0.29, 0.717) is 11.5 Å². The molecule has 1 aromatic carbocycles. The van der Waals surface area contributed by atoms with Gasteiger partial charge in [0.1, 0.15) is 0 Å². The SMILES string of the molecule is Cc1cccc(C(C)C)c1C(=O)Cl. The maximum atomic E-state index is 11.2. The lowest BCUT2D eigenvalue weighted by atomic mass is 9.95. The average Bonchev–Trinajstić information content (AvgIpc) is 2.02. The van der Waals surface area contributed by atoms with Crippen LogP contribution in [0.25, 0.3) is 0 Å². The van der Waals surface area contributed by atoms with Gasteiger partial charge in [-0.3, -0.25) is 4.79 Å². The summed E-state index contributed by atoms with van der Waals surface area (Å²) in [6, 6.07) is 5.81. The normalized spacial score (nSPS) is 10.5. The lowest BCUT2D eigenvalue weighted by Gasteiger charge is -2.11. The van der Waals surface area contributed by atoms with Gasteiger partial charge in [-0.1, -0.05) is 32.0 Å². The highest BCUT2D eigenvalue weighted by molar-refractivity contribution is 6.68. The van der Waals surface area contributed by atoms with Gasteiger partial charge in [0.05, 0.1) is 0 Å². The number of hydrogen-bond donors (Lipinski definition) is 0. The molecular formula is C11H13ClO. The van der Waals surface area contributed by atoms with E-state index < -0.39 is 0 Å². The zero-order valence-electron chi connectivity index (χ0n) is 8.10. The minimum absolute atomic E-state index is 0.331. The van der Waals surface area contributed by atoms with Crippen LogP contribution >= 0.6 is 11.6 Å². The second kappa shape index (κ2) is 3.93. The van der Waals surface area contributed by atoms with Crippen LogP contribution in [0, 0.1) is 6.92 Å². The van der Waals surface area contributed by atoms with Crippen molar-refractivity contribution in [2.45, 2.75) is 26.7 Å². The summed E-state index contributed by atoms with van der Waals surface area (Å²) >= 11 is 5.52. The molecule has 0 aliphatic rings. The number of benzene rings is 1. The first-order valence-corrected chi connectivity index (χ1v) is 4.71. The van der Waals surface area contributed by atoms with Crippen LogP contribution in [0.15, 0.2) is 18.2 Å². The Labute approximate surface area is 83.7 Å². The lowest BCUT2D eigenvalue weighted by molar-refractivity contribution is 0.107. The molecular weight excluding hydrogens is 184 g/mol. The molecule has 0 aliphatic heterocycles. The quantitative estimate of drug-likeness (QED) is 0.662. The highest BCUT2D eigenvalue weighted by Gasteiger charge is 2.13. The average molecular weight is 197 g/mol. The molecule has 0 N–H and O–H groups in total. The summed E-state index contributed by atoms with van der Waals surface area (Å²) in [5.41, 5.74) is 2.64. The van der Waals surface area contributed by atoms with Crippen LogP contribution in [0.3, 0.4) is 0 Å². The smallest absolute Gasteiger partial charge is 0.252 e. The maximum Gasteiger partial charge on any atom is 0.252 e. The number of hydrogen-bond acceptors (Lipinski definition) is 1. The fourth-order valence-corrected chi connectivity index (χ4v) is 1.70. The number of aryl methyl sites for hydroxylation is 1. The summed E-state index contributed by atoms with van der Waals surface area (Å²) in [5.74, 6) is 0.331. The third-order valence-corrected chi connectivity index (χ3v) is 2.31. The van der Waals surface area contributed by atoms with Gasteiger partial charge in [-0.05, 0) is 35.6 Å². The molecule has 2 heteroatoms. The molecule has 1 rings (SSSR count). The van der Waals surface area contributed by atoms with Gasteiger partial charge >= 0.3 is 0 Å². The van der Waals surface area contributed by atoms with Crippen LogP contribution in [0.1, 0.15) is 41.3 Å². The molecule has 0 amide bonds. The third-order valence-electron chi connectivity index (χ3n) is 2.12. The van der Waals surface area contributed by atoms with E-state index in [0.717, 1.165) is 11.1 Å². The highest BCUT2D eigenvalue weighted by Crippen LogP contribution is 2.23. The molecule has 0 radical (unpaired) electrons. The van der Waals surface area contributed by atoms with Crippen LogP contribution in [0.4, 0.5) is 0 Å². The Balaban J connectivity index is 3.34. The predicted octanol–water partition coefficient (Wildman–Crippen LogP) is 3.50. The van der Waals surface area contributed by atoms with Crippen molar-refractivity contribution in [1.29, 1.82) is 0 Å². The van der Waals surface area contributed by atoms with Crippen molar-refractivity contribution in [3.8, 4) is 0 Å². The molecule has 0 bridgehead atoms. The molecule has 0 aliphatic carbocycles. The van der Waals surface area contributed by atoms with Gasteiger partial charge in [-0.2, -0.15) is 0 Å². The lowest BCUT2D eigenvalue weighted by Crippen LogP contribution is -2.02. The molecule has 0 fully saturated rings. The van der Waals surface area contributed by atoms with Gasteiger partial charge in [0.15, 0.2) is 0 Å². The third kappa shape index (κ3) is 2.10. The van der Waals surface area contributed by atoms with Gasteiger partial charge in [0, 0.05) is 5.56 Å². The molecule has 0 atom stereocenters. The van der Waals surface area contributed by atoms with Gasteiger partial charge in [-0.25, -0.2) is 0 Å². The van der Waals surface area contributed by atoms with Crippen LogP contribution in [0.2, 0.25) is 0 Å². The van der Waals surface area contributed by atoms with Crippen LogP contribution in [-0.4, -0.2) is 5.24 Å². The van der Waals surface area contributed by atoms with E-state index in [1.165, 1.54) is 0 Å². The predicted molar refractivity (Wildman–Crippen MR) is 55.5 cm³/mol. The Morgan fingerprint density at radius 3 is 2.38 bits per heavy atom. The Bertz CT molecular complexity index is 329. The number of carbonyl (C=O) groups is 1. The molecule has 0 unspecified atom stereocenters.